The zero-order chi connectivity index (χ0) is 12.9. The molecular weight excluding hydrogens is 232 g/mol. The number of benzene rings is 1. The van der Waals surface area contributed by atoms with Crippen molar-refractivity contribution < 1.29 is 4.74 Å². The molecule has 0 aromatic heterocycles. The van der Waals surface area contributed by atoms with E-state index in [0.717, 1.165) is 29.9 Å². The Kier molecular flexibility index (Phi) is 2.65. The molecule has 4 aliphatic carbocycles. The van der Waals surface area contributed by atoms with E-state index in [1.807, 2.05) is 0 Å². The Bertz CT molecular complexity index is 441. The summed E-state index contributed by atoms with van der Waals surface area (Å²) in [7, 11) is 0. The molecule has 4 saturated carbocycles. The van der Waals surface area contributed by atoms with Crippen molar-refractivity contribution in [1.29, 1.82) is 0 Å². The topological polar surface area (TPSA) is 9.23 Å². The first-order valence-electron chi connectivity index (χ1n) is 7.82. The molecule has 0 spiro atoms. The molecule has 0 atom stereocenters. The van der Waals surface area contributed by atoms with Crippen LogP contribution in [0.5, 0.6) is 5.75 Å². The van der Waals surface area contributed by atoms with Crippen LogP contribution in [0.25, 0.3) is 0 Å². The first kappa shape index (κ1) is 11.8. The third-order valence-corrected chi connectivity index (χ3v) is 5.50. The van der Waals surface area contributed by atoms with E-state index >= 15 is 0 Å². The van der Waals surface area contributed by atoms with Crippen LogP contribution in [0.15, 0.2) is 24.3 Å². The average Bonchev–Trinajstić information content (AvgIpc) is 2.36. The van der Waals surface area contributed by atoms with E-state index in [1.54, 1.807) is 0 Å². The molecule has 1 heteroatoms. The van der Waals surface area contributed by atoms with Crippen molar-refractivity contribution in [2.75, 3.05) is 0 Å². The minimum Gasteiger partial charge on any atom is -0.487 e. The minimum atomic E-state index is 0.175. The highest BCUT2D eigenvalue weighted by molar-refractivity contribution is 5.30. The molecule has 1 aromatic carbocycles. The van der Waals surface area contributed by atoms with Crippen molar-refractivity contribution in [2.24, 2.45) is 17.8 Å². The van der Waals surface area contributed by atoms with Gasteiger partial charge in [0.1, 0.15) is 11.4 Å². The molecule has 0 N–H and O–H groups in total. The SMILES string of the molecule is [CH2]Cc1cccc(OC23CC4CC(CC(C4)C2)C3)c1. The van der Waals surface area contributed by atoms with Gasteiger partial charge in [0.25, 0.3) is 0 Å². The fourth-order valence-corrected chi connectivity index (χ4v) is 5.17. The molecule has 1 aromatic rings. The summed E-state index contributed by atoms with van der Waals surface area (Å²) in [6.45, 7) is 3.97. The van der Waals surface area contributed by atoms with Gasteiger partial charge in [-0.2, -0.15) is 0 Å². The Morgan fingerprint density at radius 3 is 2.26 bits per heavy atom. The van der Waals surface area contributed by atoms with Gasteiger partial charge in [0, 0.05) is 0 Å². The highest BCUT2D eigenvalue weighted by Gasteiger charge is 2.52. The molecular formula is C18H23O. The molecule has 1 nitrogen and oxygen atoms in total. The second-order valence-electron chi connectivity index (χ2n) is 7.10. The number of hydrogen-bond donors (Lipinski definition) is 0. The molecule has 0 aliphatic heterocycles. The van der Waals surface area contributed by atoms with E-state index < -0.39 is 0 Å². The predicted molar refractivity (Wildman–Crippen MR) is 77.0 cm³/mol. The lowest BCUT2D eigenvalue weighted by Gasteiger charge is -2.56. The van der Waals surface area contributed by atoms with Crippen LogP contribution in [0.1, 0.15) is 44.1 Å². The Morgan fingerprint density at radius 2 is 1.68 bits per heavy atom. The summed E-state index contributed by atoms with van der Waals surface area (Å²) in [6.07, 6.45) is 9.16. The van der Waals surface area contributed by atoms with Crippen LogP contribution in [-0.2, 0) is 6.42 Å². The standard InChI is InChI=1S/C18H23O/c1-2-13-4-3-5-17(9-13)19-18-10-14-6-15(11-18)8-16(7-14)12-18/h3-5,9,14-16H,1-2,6-8,10-12H2. The molecule has 0 amide bonds. The van der Waals surface area contributed by atoms with Gasteiger partial charge in [-0.05, 0) is 87.3 Å². The summed E-state index contributed by atoms with van der Waals surface area (Å²) in [5, 5.41) is 0. The molecule has 4 bridgehead atoms. The molecule has 0 heterocycles. The van der Waals surface area contributed by atoms with E-state index in [1.165, 1.54) is 44.1 Å². The number of rotatable bonds is 3. The average molecular weight is 255 g/mol. The van der Waals surface area contributed by atoms with Crippen molar-refractivity contribution >= 4 is 0 Å². The molecule has 19 heavy (non-hydrogen) atoms. The predicted octanol–water partition coefficient (Wildman–Crippen LogP) is 4.41. The monoisotopic (exact) mass is 255 g/mol. The summed E-state index contributed by atoms with van der Waals surface area (Å²) < 4.78 is 6.53. The summed E-state index contributed by atoms with van der Waals surface area (Å²) in [5.74, 6) is 3.91. The smallest absolute Gasteiger partial charge is 0.120 e. The van der Waals surface area contributed by atoms with Gasteiger partial charge in [0.2, 0.25) is 0 Å². The third kappa shape index (κ3) is 2.07. The fourth-order valence-electron chi connectivity index (χ4n) is 5.17. The van der Waals surface area contributed by atoms with Crippen molar-refractivity contribution in [1.82, 2.24) is 0 Å². The molecule has 101 valence electrons. The van der Waals surface area contributed by atoms with E-state index in [9.17, 15) is 0 Å². The van der Waals surface area contributed by atoms with Crippen molar-refractivity contribution in [3.05, 3.63) is 36.8 Å². The lowest BCUT2D eigenvalue weighted by Crippen LogP contribution is -2.53. The lowest BCUT2D eigenvalue weighted by atomic mass is 9.54. The van der Waals surface area contributed by atoms with E-state index in [-0.39, 0.29) is 5.60 Å². The van der Waals surface area contributed by atoms with Crippen LogP contribution in [-0.4, -0.2) is 5.60 Å². The highest BCUT2D eigenvalue weighted by atomic mass is 16.5. The van der Waals surface area contributed by atoms with E-state index in [4.69, 9.17) is 4.74 Å². The van der Waals surface area contributed by atoms with Crippen LogP contribution < -0.4 is 4.74 Å². The van der Waals surface area contributed by atoms with Gasteiger partial charge in [-0.1, -0.05) is 12.1 Å². The highest BCUT2D eigenvalue weighted by Crippen LogP contribution is 2.57. The first-order valence-corrected chi connectivity index (χ1v) is 7.82. The van der Waals surface area contributed by atoms with Crippen molar-refractivity contribution in [3.8, 4) is 5.75 Å². The summed E-state index contributed by atoms with van der Waals surface area (Å²) in [5.41, 5.74) is 1.45. The fraction of sp³-hybridized carbons (Fsp3) is 0.611. The van der Waals surface area contributed by atoms with Gasteiger partial charge in [-0.25, -0.2) is 0 Å². The number of hydrogen-bond acceptors (Lipinski definition) is 1. The molecule has 1 radical (unpaired) electrons. The third-order valence-electron chi connectivity index (χ3n) is 5.50. The summed E-state index contributed by atoms with van der Waals surface area (Å²) >= 11 is 0. The maximum atomic E-state index is 6.53. The van der Waals surface area contributed by atoms with Gasteiger partial charge in [0.15, 0.2) is 0 Å². The van der Waals surface area contributed by atoms with Gasteiger partial charge >= 0.3 is 0 Å². The molecule has 5 rings (SSSR count). The van der Waals surface area contributed by atoms with Gasteiger partial charge in [-0.15, -0.1) is 0 Å². The maximum absolute atomic E-state index is 6.53. The summed E-state index contributed by atoms with van der Waals surface area (Å²) in [4.78, 5) is 0. The molecule has 0 saturated heterocycles. The second kappa shape index (κ2) is 4.26. The molecule has 4 fully saturated rings. The van der Waals surface area contributed by atoms with E-state index in [2.05, 4.69) is 31.2 Å². The van der Waals surface area contributed by atoms with Crippen molar-refractivity contribution in [3.63, 3.8) is 0 Å². The minimum absolute atomic E-state index is 0.175. The van der Waals surface area contributed by atoms with Crippen LogP contribution in [0.3, 0.4) is 0 Å². The van der Waals surface area contributed by atoms with Gasteiger partial charge in [0.05, 0.1) is 0 Å². The summed E-state index contributed by atoms with van der Waals surface area (Å²) in [6, 6.07) is 8.55. The van der Waals surface area contributed by atoms with Gasteiger partial charge < -0.3 is 4.74 Å². The van der Waals surface area contributed by atoms with Crippen LogP contribution >= 0.6 is 0 Å². The maximum Gasteiger partial charge on any atom is 0.120 e. The second-order valence-corrected chi connectivity index (χ2v) is 7.10. The van der Waals surface area contributed by atoms with E-state index in [0.29, 0.717) is 0 Å². The van der Waals surface area contributed by atoms with Crippen LogP contribution in [0.2, 0.25) is 0 Å². The van der Waals surface area contributed by atoms with Crippen molar-refractivity contribution in [2.45, 2.75) is 50.5 Å². The van der Waals surface area contributed by atoms with Crippen LogP contribution in [0.4, 0.5) is 0 Å². The molecule has 4 aliphatic rings. The number of ether oxygens (including phenoxy) is 1. The quantitative estimate of drug-likeness (QED) is 0.777. The Balaban J connectivity index is 1.58. The van der Waals surface area contributed by atoms with Gasteiger partial charge in [-0.3, -0.25) is 0 Å². The Hall–Kier alpha value is -0.980. The zero-order valence-electron chi connectivity index (χ0n) is 11.6. The normalized spacial score (nSPS) is 39.5. The first-order chi connectivity index (χ1) is 9.25. The molecule has 0 unspecified atom stereocenters. The zero-order valence-corrected chi connectivity index (χ0v) is 11.6. The lowest BCUT2D eigenvalue weighted by molar-refractivity contribution is -0.107. The Labute approximate surface area is 116 Å². The van der Waals surface area contributed by atoms with Crippen LogP contribution in [0, 0.1) is 24.7 Å². The Morgan fingerprint density at radius 1 is 1.05 bits per heavy atom. The largest absolute Gasteiger partial charge is 0.487 e.